The number of aliphatic hydroxyl groups excluding tert-OH is 2. The smallest absolute Gasteiger partial charge is 0.0917 e. The number of aliphatic hydroxyl groups is 2. The lowest BCUT2D eigenvalue weighted by atomic mass is 9.95. The van der Waals surface area contributed by atoms with Crippen molar-refractivity contribution in [3.05, 3.63) is 0 Å². The van der Waals surface area contributed by atoms with Crippen LogP contribution in [0.2, 0.25) is 0 Å². The second kappa shape index (κ2) is 5.69. The molecular formula is C19H36N2O2+2. The second-order valence-electron chi connectivity index (χ2n) is 9.51. The molecule has 4 aliphatic heterocycles. The lowest BCUT2D eigenvalue weighted by Gasteiger charge is -2.49. The van der Waals surface area contributed by atoms with E-state index in [0.29, 0.717) is 24.2 Å². The molecule has 0 aromatic carbocycles. The number of quaternary nitrogens is 2. The van der Waals surface area contributed by atoms with E-state index in [2.05, 4.69) is 14.1 Å². The Hall–Kier alpha value is -0.160. The van der Waals surface area contributed by atoms with Crippen LogP contribution in [-0.4, -0.2) is 82.7 Å². The van der Waals surface area contributed by atoms with Crippen molar-refractivity contribution >= 4 is 0 Å². The molecule has 0 radical (unpaired) electrons. The molecule has 0 aromatic rings. The van der Waals surface area contributed by atoms with Crippen LogP contribution in [0.15, 0.2) is 0 Å². The third-order valence-corrected chi connectivity index (χ3v) is 8.46. The van der Waals surface area contributed by atoms with Gasteiger partial charge in [-0.2, -0.15) is 0 Å². The van der Waals surface area contributed by atoms with Gasteiger partial charge in [0, 0.05) is 57.8 Å². The van der Waals surface area contributed by atoms with Crippen LogP contribution in [0.3, 0.4) is 0 Å². The topological polar surface area (TPSA) is 40.5 Å². The van der Waals surface area contributed by atoms with Crippen LogP contribution in [0.25, 0.3) is 0 Å². The Morgan fingerprint density at radius 1 is 0.652 bits per heavy atom. The molecule has 4 atom stereocenters. The van der Waals surface area contributed by atoms with Crippen molar-refractivity contribution in [1.82, 2.24) is 0 Å². The van der Waals surface area contributed by atoms with Gasteiger partial charge in [0.2, 0.25) is 0 Å². The Bertz CT molecular complexity index is 387. The zero-order chi connectivity index (χ0) is 16.2. The number of hydrogen-bond acceptors (Lipinski definition) is 2. The van der Waals surface area contributed by atoms with Crippen molar-refractivity contribution in [1.29, 1.82) is 0 Å². The van der Waals surface area contributed by atoms with Crippen molar-refractivity contribution < 1.29 is 19.2 Å². The monoisotopic (exact) mass is 324 g/mol. The molecule has 0 aliphatic carbocycles. The van der Waals surface area contributed by atoms with Gasteiger partial charge in [0.15, 0.2) is 0 Å². The maximum Gasteiger partial charge on any atom is 0.0917 e. The van der Waals surface area contributed by atoms with Crippen molar-refractivity contribution in [3.8, 4) is 0 Å². The summed E-state index contributed by atoms with van der Waals surface area (Å²) in [6.07, 6.45) is 10.6. The van der Waals surface area contributed by atoms with Gasteiger partial charge in [-0.25, -0.2) is 0 Å². The fraction of sp³-hybridized carbons (Fsp3) is 1.00. The molecular weight excluding hydrogens is 288 g/mol. The molecule has 132 valence electrons. The third kappa shape index (κ3) is 2.57. The summed E-state index contributed by atoms with van der Waals surface area (Å²) in [7, 11) is 4.92. The SMILES string of the molecule is C[N+]1(CCC[N+]2(C)C3CCC2CC(O)C3)C2CCC1CC(O)C2. The third-order valence-electron chi connectivity index (χ3n) is 8.46. The number of nitrogens with zero attached hydrogens (tertiary/aromatic N) is 2. The predicted octanol–water partition coefficient (Wildman–Crippen LogP) is 1.64. The summed E-state index contributed by atoms with van der Waals surface area (Å²) in [5.74, 6) is 0. The maximum atomic E-state index is 10.1. The molecule has 4 unspecified atom stereocenters. The lowest BCUT2D eigenvalue weighted by Crippen LogP contribution is -2.62. The quantitative estimate of drug-likeness (QED) is 0.772. The first kappa shape index (κ1) is 16.3. The molecule has 4 heterocycles. The zero-order valence-corrected chi connectivity index (χ0v) is 15.0. The van der Waals surface area contributed by atoms with Crippen LogP contribution >= 0.6 is 0 Å². The maximum absolute atomic E-state index is 10.1. The summed E-state index contributed by atoms with van der Waals surface area (Å²) in [5, 5.41) is 20.1. The van der Waals surface area contributed by atoms with Gasteiger partial charge in [0.1, 0.15) is 0 Å². The summed E-state index contributed by atoms with van der Waals surface area (Å²) in [5.41, 5.74) is 0. The largest absolute Gasteiger partial charge is 0.393 e. The van der Waals surface area contributed by atoms with Crippen molar-refractivity contribution in [2.45, 2.75) is 94.2 Å². The first-order valence-electron chi connectivity index (χ1n) is 9.98. The molecule has 0 spiro atoms. The van der Waals surface area contributed by atoms with Crippen molar-refractivity contribution in [2.24, 2.45) is 0 Å². The van der Waals surface area contributed by atoms with E-state index in [4.69, 9.17) is 0 Å². The minimum Gasteiger partial charge on any atom is -0.393 e. The van der Waals surface area contributed by atoms with Crippen LogP contribution in [0, 0.1) is 0 Å². The van der Waals surface area contributed by atoms with E-state index in [1.165, 1.54) is 54.2 Å². The highest BCUT2D eigenvalue weighted by atomic mass is 16.3. The average molecular weight is 325 g/mol. The first-order chi connectivity index (χ1) is 10.9. The van der Waals surface area contributed by atoms with Crippen molar-refractivity contribution in [3.63, 3.8) is 0 Å². The fourth-order valence-electron chi connectivity index (χ4n) is 6.91. The van der Waals surface area contributed by atoms with Crippen LogP contribution in [-0.2, 0) is 0 Å². The number of hydrogen-bond donors (Lipinski definition) is 2. The minimum atomic E-state index is -0.0392. The van der Waals surface area contributed by atoms with Gasteiger partial charge in [0.05, 0.1) is 63.6 Å². The van der Waals surface area contributed by atoms with Crippen LogP contribution in [0.1, 0.15) is 57.8 Å². The molecule has 2 N–H and O–H groups in total. The van der Waals surface area contributed by atoms with Crippen molar-refractivity contribution in [2.75, 3.05) is 27.2 Å². The van der Waals surface area contributed by atoms with Crippen LogP contribution in [0.4, 0.5) is 0 Å². The van der Waals surface area contributed by atoms with E-state index in [0.717, 1.165) is 25.7 Å². The van der Waals surface area contributed by atoms with Gasteiger partial charge in [0.25, 0.3) is 0 Å². The number of rotatable bonds is 4. The molecule has 4 fully saturated rings. The lowest BCUT2D eigenvalue weighted by molar-refractivity contribution is -0.966. The van der Waals surface area contributed by atoms with Crippen LogP contribution < -0.4 is 0 Å². The van der Waals surface area contributed by atoms with Gasteiger partial charge in [-0.15, -0.1) is 0 Å². The molecule has 0 amide bonds. The highest BCUT2D eigenvalue weighted by Gasteiger charge is 2.53. The molecule has 4 aliphatic rings. The molecule has 4 heteroatoms. The molecule has 4 bridgehead atoms. The van der Waals surface area contributed by atoms with E-state index in [9.17, 15) is 10.2 Å². The highest BCUT2D eigenvalue weighted by molar-refractivity contribution is 4.87. The Morgan fingerprint density at radius 2 is 0.957 bits per heavy atom. The molecule has 0 aromatic heterocycles. The molecule has 0 saturated carbocycles. The average Bonchev–Trinajstić information content (AvgIpc) is 2.79. The first-order valence-corrected chi connectivity index (χ1v) is 9.98. The van der Waals surface area contributed by atoms with E-state index in [-0.39, 0.29) is 12.2 Å². The summed E-state index contributed by atoms with van der Waals surface area (Å²) < 4.78 is 2.46. The Labute approximate surface area is 141 Å². The molecule has 4 saturated heterocycles. The second-order valence-corrected chi connectivity index (χ2v) is 9.51. The predicted molar refractivity (Wildman–Crippen MR) is 90.8 cm³/mol. The molecule has 4 nitrogen and oxygen atoms in total. The standard InChI is InChI=1S/C19H36N2O2/c1-20(14-4-5-15(20)11-18(22)10-14)8-3-9-21(2)16-6-7-17(21)13-19(23)12-16/h14-19,22-23H,3-13H2,1-2H3/q+2. The van der Waals surface area contributed by atoms with Gasteiger partial charge < -0.3 is 19.2 Å². The summed E-state index contributed by atoms with van der Waals surface area (Å²) in [4.78, 5) is 0. The number of fused-ring (bicyclic) bond motifs is 4. The summed E-state index contributed by atoms with van der Waals surface area (Å²) >= 11 is 0. The van der Waals surface area contributed by atoms with E-state index < -0.39 is 0 Å². The summed E-state index contributed by atoms with van der Waals surface area (Å²) in [6, 6.07) is 2.81. The van der Waals surface area contributed by atoms with Gasteiger partial charge in [-0.3, -0.25) is 0 Å². The van der Waals surface area contributed by atoms with Gasteiger partial charge in [-0.05, 0) is 0 Å². The fourth-order valence-corrected chi connectivity index (χ4v) is 6.91. The van der Waals surface area contributed by atoms with E-state index in [1.54, 1.807) is 0 Å². The highest BCUT2D eigenvalue weighted by Crippen LogP contribution is 2.43. The Morgan fingerprint density at radius 3 is 1.26 bits per heavy atom. The van der Waals surface area contributed by atoms with Crippen LogP contribution in [0.5, 0.6) is 0 Å². The van der Waals surface area contributed by atoms with E-state index >= 15 is 0 Å². The zero-order valence-electron chi connectivity index (χ0n) is 15.0. The molecule has 4 rings (SSSR count). The number of piperidine rings is 2. The van der Waals surface area contributed by atoms with E-state index in [1.807, 2.05) is 0 Å². The van der Waals surface area contributed by atoms with Gasteiger partial charge >= 0.3 is 0 Å². The molecule has 23 heavy (non-hydrogen) atoms. The Kier molecular flexibility index (Phi) is 4.03. The Balaban J connectivity index is 1.37. The normalized spacial score (nSPS) is 55.3. The minimum absolute atomic E-state index is 0.0392. The van der Waals surface area contributed by atoms with Gasteiger partial charge in [-0.1, -0.05) is 0 Å². The summed E-state index contributed by atoms with van der Waals surface area (Å²) in [6.45, 7) is 2.58.